The van der Waals surface area contributed by atoms with Crippen LogP contribution in [0.25, 0.3) is 10.9 Å². The molecule has 0 fully saturated rings. The van der Waals surface area contributed by atoms with Gasteiger partial charge in [0.15, 0.2) is 0 Å². The molecule has 0 aliphatic heterocycles. The van der Waals surface area contributed by atoms with Gasteiger partial charge in [-0.15, -0.1) is 0 Å². The molecule has 0 spiro atoms. The van der Waals surface area contributed by atoms with Gasteiger partial charge in [-0.2, -0.15) is 0 Å². The summed E-state index contributed by atoms with van der Waals surface area (Å²) in [4.78, 5) is 13.8. The Morgan fingerprint density at radius 3 is 2.52 bits per heavy atom. The number of benzene rings is 1. The third-order valence-electron chi connectivity index (χ3n) is 3.63. The molecule has 23 heavy (non-hydrogen) atoms. The van der Waals surface area contributed by atoms with Crippen molar-refractivity contribution in [1.29, 1.82) is 0 Å². The van der Waals surface area contributed by atoms with Gasteiger partial charge in [-0.1, -0.05) is 0 Å². The summed E-state index contributed by atoms with van der Waals surface area (Å²) in [6, 6.07) is 5.94. The lowest BCUT2D eigenvalue weighted by molar-refractivity contribution is 0.205. The molecule has 0 aliphatic rings. The van der Waals surface area contributed by atoms with Crippen LogP contribution in [0.15, 0.2) is 18.2 Å². The predicted octanol–water partition coefficient (Wildman–Crippen LogP) is 2.17. The molecule has 0 bridgehead atoms. The Bertz CT molecular complexity index is 646. The monoisotopic (exact) mass is 318 g/mol. The second-order valence-corrected chi connectivity index (χ2v) is 5.66. The van der Waals surface area contributed by atoms with E-state index in [1.165, 1.54) is 0 Å². The number of aromatic nitrogens is 2. The molecule has 0 N–H and O–H groups in total. The molecule has 0 amide bonds. The standard InChI is InChI=1S/C17H26N4O2/c1-6-21(9-10-22-4)17-14-8-7-13(23-5)11-15(14)18-16(19-17)12-20(2)3/h7-8,11H,6,9-10,12H2,1-5H3. The fourth-order valence-corrected chi connectivity index (χ4v) is 2.48. The van der Waals surface area contributed by atoms with E-state index in [0.717, 1.165) is 41.4 Å². The molecular formula is C17H26N4O2. The topological polar surface area (TPSA) is 50.7 Å². The van der Waals surface area contributed by atoms with Crippen LogP contribution < -0.4 is 9.64 Å². The molecule has 1 heterocycles. The van der Waals surface area contributed by atoms with Crippen LogP contribution in [0.1, 0.15) is 12.7 Å². The van der Waals surface area contributed by atoms with E-state index < -0.39 is 0 Å². The van der Waals surface area contributed by atoms with Gasteiger partial charge < -0.3 is 19.3 Å². The smallest absolute Gasteiger partial charge is 0.145 e. The summed E-state index contributed by atoms with van der Waals surface area (Å²) in [5, 5.41) is 1.03. The van der Waals surface area contributed by atoms with Crippen LogP contribution >= 0.6 is 0 Å². The molecule has 2 aromatic rings. The summed E-state index contributed by atoms with van der Waals surface area (Å²) in [6.07, 6.45) is 0. The summed E-state index contributed by atoms with van der Waals surface area (Å²) < 4.78 is 10.6. The third-order valence-corrected chi connectivity index (χ3v) is 3.63. The van der Waals surface area contributed by atoms with Gasteiger partial charge in [0.2, 0.25) is 0 Å². The highest BCUT2D eigenvalue weighted by atomic mass is 16.5. The Balaban J connectivity index is 2.54. The van der Waals surface area contributed by atoms with Crippen LogP contribution in [0.3, 0.4) is 0 Å². The van der Waals surface area contributed by atoms with Crippen molar-refractivity contribution in [2.24, 2.45) is 0 Å². The van der Waals surface area contributed by atoms with Crippen LogP contribution in [0.4, 0.5) is 5.82 Å². The molecule has 126 valence electrons. The summed E-state index contributed by atoms with van der Waals surface area (Å²) in [6.45, 7) is 5.15. The number of ether oxygens (including phenoxy) is 2. The summed E-state index contributed by atoms with van der Waals surface area (Å²) in [5.74, 6) is 2.56. The third kappa shape index (κ3) is 4.30. The van der Waals surface area contributed by atoms with Crippen LogP contribution in [0.5, 0.6) is 5.75 Å². The fraction of sp³-hybridized carbons (Fsp3) is 0.529. The summed E-state index contributed by atoms with van der Waals surface area (Å²) in [7, 11) is 7.41. The number of methoxy groups -OCH3 is 2. The first-order chi connectivity index (χ1) is 11.1. The maximum absolute atomic E-state index is 5.33. The van der Waals surface area contributed by atoms with Gasteiger partial charge in [-0.25, -0.2) is 9.97 Å². The molecule has 2 rings (SSSR count). The van der Waals surface area contributed by atoms with Crippen LogP contribution in [0.2, 0.25) is 0 Å². The average molecular weight is 318 g/mol. The minimum Gasteiger partial charge on any atom is -0.497 e. The molecule has 6 nitrogen and oxygen atoms in total. The summed E-state index contributed by atoms with van der Waals surface area (Å²) >= 11 is 0. The molecule has 1 aromatic carbocycles. The average Bonchev–Trinajstić information content (AvgIpc) is 2.54. The van der Waals surface area contributed by atoms with Crippen molar-refractivity contribution in [3.05, 3.63) is 24.0 Å². The van der Waals surface area contributed by atoms with Gasteiger partial charge in [0, 0.05) is 31.7 Å². The molecule has 6 heteroatoms. The van der Waals surface area contributed by atoms with Crippen molar-refractivity contribution in [3.63, 3.8) is 0 Å². The van der Waals surface area contributed by atoms with Crippen LogP contribution in [-0.2, 0) is 11.3 Å². The molecule has 0 atom stereocenters. The highest BCUT2D eigenvalue weighted by Crippen LogP contribution is 2.27. The number of nitrogens with zero attached hydrogens (tertiary/aromatic N) is 4. The van der Waals surface area contributed by atoms with Gasteiger partial charge in [0.25, 0.3) is 0 Å². The van der Waals surface area contributed by atoms with Crippen molar-refractivity contribution in [1.82, 2.24) is 14.9 Å². The van der Waals surface area contributed by atoms with Gasteiger partial charge in [0.05, 0.1) is 25.8 Å². The van der Waals surface area contributed by atoms with Gasteiger partial charge in [-0.3, -0.25) is 0 Å². The first-order valence-corrected chi connectivity index (χ1v) is 7.82. The molecule has 0 radical (unpaired) electrons. The number of likely N-dealkylation sites (N-methyl/N-ethyl adjacent to an activating group) is 1. The van der Waals surface area contributed by atoms with E-state index >= 15 is 0 Å². The van der Waals surface area contributed by atoms with E-state index in [0.29, 0.717) is 13.2 Å². The summed E-state index contributed by atoms with van der Waals surface area (Å²) in [5.41, 5.74) is 0.905. The largest absolute Gasteiger partial charge is 0.497 e. The molecule has 0 unspecified atom stereocenters. The van der Waals surface area contributed by atoms with Crippen molar-refractivity contribution in [3.8, 4) is 5.75 Å². The highest BCUT2D eigenvalue weighted by Gasteiger charge is 2.14. The molecule has 1 aromatic heterocycles. The lowest BCUT2D eigenvalue weighted by Crippen LogP contribution is -2.28. The highest BCUT2D eigenvalue weighted by molar-refractivity contribution is 5.90. The number of hydrogen-bond acceptors (Lipinski definition) is 6. The van der Waals surface area contributed by atoms with Crippen molar-refractivity contribution < 1.29 is 9.47 Å². The molecule has 0 aliphatic carbocycles. The van der Waals surface area contributed by atoms with Crippen LogP contribution in [0, 0.1) is 0 Å². The van der Waals surface area contributed by atoms with Crippen LogP contribution in [-0.4, -0.2) is 62.9 Å². The Labute approximate surface area is 138 Å². The zero-order chi connectivity index (χ0) is 16.8. The van der Waals surface area contributed by atoms with E-state index in [-0.39, 0.29) is 0 Å². The Morgan fingerprint density at radius 1 is 1.13 bits per heavy atom. The minimum atomic E-state index is 0.665. The molecular weight excluding hydrogens is 292 g/mol. The van der Waals surface area contributed by atoms with E-state index in [2.05, 4.69) is 16.7 Å². The van der Waals surface area contributed by atoms with Crippen molar-refractivity contribution in [2.75, 3.05) is 52.9 Å². The van der Waals surface area contributed by atoms with E-state index in [1.54, 1.807) is 14.2 Å². The van der Waals surface area contributed by atoms with Gasteiger partial charge in [0.1, 0.15) is 17.4 Å². The minimum absolute atomic E-state index is 0.665. The number of anilines is 1. The SMILES string of the molecule is CCN(CCOC)c1nc(CN(C)C)nc2cc(OC)ccc12. The number of fused-ring (bicyclic) bond motifs is 1. The van der Waals surface area contributed by atoms with E-state index in [9.17, 15) is 0 Å². The first-order valence-electron chi connectivity index (χ1n) is 7.82. The molecule has 0 saturated heterocycles. The Kier molecular flexibility index (Phi) is 6.12. The zero-order valence-electron chi connectivity index (χ0n) is 14.7. The van der Waals surface area contributed by atoms with Crippen molar-refractivity contribution in [2.45, 2.75) is 13.5 Å². The quantitative estimate of drug-likeness (QED) is 0.743. The molecule has 0 saturated carbocycles. The number of hydrogen-bond donors (Lipinski definition) is 0. The second-order valence-electron chi connectivity index (χ2n) is 5.66. The van der Waals surface area contributed by atoms with Crippen molar-refractivity contribution >= 4 is 16.7 Å². The lowest BCUT2D eigenvalue weighted by Gasteiger charge is -2.24. The van der Waals surface area contributed by atoms with E-state index in [4.69, 9.17) is 19.4 Å². The zero-order valence-corrected chi connectivity index (χ0v) is 14.7. The predicted molar refractivity (Wildman–Crippen MR) is 93.2 cm³/mol. The number of rotatable bonds is 8. The second kappa shape index (κ2) is 8.08. The maximum atomic E-state index is 5.33. The van der Waals surface area contributed by atoms with E-state index in [1.807, 2.05) is 32.3 Å². The Morgan fingerprint density at radius 2 is 1.91 bits per heavy atom. The van der Waals surface area contributed by atoms with Gasteiger partial charge >= 0.3 is 0 Å². The van der Waals surface area contributed by atoms with Gasteiger partial charge in [-0.05, 0) is 33.2 Å². The normalized spacial score (nSPS) is 11.2. The Hall–Kier alpha value is -1.92. The lowest BCUT2D eigenvalue weighted by atomic mass is 10.2. The maximum Gasteiger partial charge on any atom is 0.145 e. The first kappa shape index (κ1) is 17.4. The fourth-order valence-electron chi connectivity index (χ4n) is 2.48.